The zero-order chi connectivity index (χ0) is 10.0. The summed E-state index contributed by atoms with van der Waals surface area (Å²) in [7, 11) is 1.22. The van der Waals surface area contributed by atoms with Crippen molar-refractivity contribution in [1.29, 1.82) is 0 Å². The molecule has 0 aromatic carbocycles. The van der Waals surface area contributed by atoms with Crippen LogP contribution in [0.5, 0.6) is 5.75 Å². The minimum atomic E-state index is -1.45. The van der Waals surface area contributed by atoms with E-state index in [2.05, 4.69) is 9.72 Å². The van der Waals surface area contributed by atoms with Gasteiger partial charge in [-0.15, -0.1) is 0 Å². The number of carboxylic acid groups (broad SMARTS) is 1. The van der Waals surface area contributed by atoms with Crippen LogP contribution < -0.4 is 4.74 Å². The molecule has 1 heterocycles. The van der Waals surface area contributed by atoms with Crippen LogP contribution in [-0.2, 0) is 0 Å². The first-order chi connectivity index (χ1) is 6.07. The molecule has 0 fully saturated rings. The number of nitrogens with zero attached hydrogens (tertiary/aromatic N) is 1. The van der Waals surface area contributed by atoms with Crippen LogP contribution >= 0.6 is 11.6 Å². The highest BCUT2D eigenvalue weighted by Gasteiger charge is 2.20. The lowest BCUT2D eigenvalue weighted by atomic mass is 10.2. The molecule has 4 nitrogen and oxygen atoms in total. The van der Waals surface area contributed by atoms with Crippen molar-refractivity contribution >= 4 is 17.6 Å². The monoisotopic (exact) mass is 205 g/mol. The van der Waals surface area contributed by atoms with Crippen LogP contribution in [0.4, 0.5) is 4.39 Å². The van der Waals surface area contributed by atoms with Crippen LogP contribution in [0.1, 0.15) is 10.4 Å². The topological polar surface area (TPSA) is 59.4 Å². The van der Waals surface area contributed by atoms with Gasteiger partial charge in [-0.05, 0) is 0 Å². The molecule has 1 aromatic rings. The van der Waals surface area contributed by atoms with Crippen molar-refractivity contribution in [1.82, 2.24) is 4.98 Å². The molecule has 1 N–H and O–H groups in total. The van der Waals surface area contributed by atoms with Gasteiger partial charge in [-0.25, -0.2) is 14.2 Å². The Morgan fingerprint density at radius 2 is 2.38 bits per heavy atom. The Bertz CT molecular complexity index is 356. The molecule has 13 heavy (non-hydrogen) atoms. The van der Waals surface area contributed by atoms with E-state index >= 15 is 0 Å². The van der Waals surface area contributed by atoms with Gasteiger partial charge in [-0.1, -0.05) is 11.6 Å². The summed E-state index contributed by atoms with van der Waals surface area (Å²) in [4.78, 5) is 13.9. The van der Waals surface area contributed by atoms with Crippen molar-refractivity contribution < 1.29 is 19.0 Å². The second-order valence-corrected chi connectivity index (χ2v) is 2.47. The third-order valence-corrected chi connectivity index (χ3v) is 1.64. The fourth-order valence-electron chi connectivity index (χ4n) is 0.802. The Labute approximate surface area is 77.9 Å². The third kappa shape index (κ3) is 1.70. The summed E-state index contributed by atoms with van der Waals surface area (Å²) in [6, 6.07) is 0. The van der Waals surface area contributed by atoms with Crippen molar-refractivity contribution in [2.75, 3.05) is 7.11 Å². The van der Waals surface area contributed by atoms with Gasteiger partial charge in [0.15, 0.2) is 16.7 Å². The van der Waals surface area contributed by atoms with Crippen LogP contribution in [0.25, 0.3) is 0 Å². The van der Waals surface area contributed by atoms with E-state index < -0.39 is 22.5 Å². The lowest BCUT2D eigenvalue weighted by molar-refractivity contribution is 0.0687. The molecule has 0 bridgehead atoms. The standard InChI is InChI=1S/C7H5ClFNO3/c1-13-3-2-10-6(8)5(9)4(3)7(11)12/h2H,1H3,(H,11,12). The minimum Gasteiger partial charge on any atom is -0.494 e. The van der Waals surface area contributed by atoms with E-state index in [1.54, 1.807) is 0 Å². The molecule has 0 aliphatic carbocycles. The summed E-state index contributed by atoms with van der Waals surface area (Å²) in [5.74, 6) is -2.69. The maximum absolute atomic E-state index is 13.0. The molecule has 0 spiro atoms. The van der Waals surface area contributed by atoms with Crippen LogP contribution in [0, 0.1) is 5.82 Å². The SMILES string of the molecule is COc1cnc(Cl)c(F)c1C(=O)O. The number of ether oxygens (including phenoxy) is 1. The maximum atomic E-state index is 13.0. The Morgan fingerprint density at radius 3 is 2.85 bits per heavy atom. The summed E-state index contributed by atoms with van der Waals surface area (Å²) >= 11 is 5.28. The first kappa shape index (κ1) is 9.73. The highest BCUT2D eigenvalue weighted by Crippen LogP contribution is 2.24. The highest BCUT2D eigenvalue weighted by atomic mass is 35.5. The van der Waals surface area contributed by atoms with E-state index in [0.29, 0.717) is 0 Å². The van der Waals surface area contributed by atoms with E-state index in [1.165, 1.54) is 7.11 Å². The molecule has 1 aromatic heterocycles. The van der Waals surface area contributed by atoms with E-state index in [-0.39, 0.29) is 5.75 Å². The summed E-state index contributed by atoms with van der Waals surface area (Å²) in [6.07, 6.45) is 1.05. The van der Waals surface area contributed by atoms with E-state index in [4.69, 9.17) is 16.7 Å². The zero-order valence-corrected chi connectivity index (χ0v) is 7.30. The molecule has 70 valence electrons. The van der Waals surface area contributed by atoms with Gasteiger partial charge in [0, 0.05) is 0 Å². The van der Waals surface area contributed by atoms with Gasteiger partial charge in [0.1, 0.15) is 5.56 Å². The van der Waals surface area contributed by atoms with Gasteiger partial charge < -0.3 is 9.84 Å². The number of hydrogen-bond donors (Lipinski definition) is 1. The number of carbonyl (C=O) groups is 1. The fraction of sp³-hybridized carbons (Fsp3) is 0.143. The van der Waals surface area contributed by atoms with Crippen molar-refractivity contribution in [2.45, 2.75) is 0 Å². The minimum absolute atomic E-state index is 0.158. The number of methoxy groups -OCH3 is 1. The van der Waals surface area contributed by atoms with E-state index in [1.807, 2.05) is 0 Å². The van der Waals surface area contributed by atoms with Crippen molar-refractivity contribution in [2.24, 2.45) is 0 Å². The number of carboxylic acids is 1. The van der Waals surface area contributed by atoms with Gasteiger partial charge in [0.05, 0.1) is 13.3 Å². The Kier molecular flexibility index (Phi) is 2.67. The van der Waals surface area contributed by atoms with Gasteiger partial charge in [-0.2, -0.15) is 0 Å². The number of aromatic nitrogens is 1. The molecule has 0 radical (unpaired) electrons. The summed E-state index contributed by atoms with van der Waals surface area (Å²) in [5, 5.41) is 8.11. The zero-order valence-electron chi connectivity index (χ0n) is 6.54. The van der Waals surface area contributed by atoms with Crippen LogP contribution in [-0.4, -0.2) is 23.2 Å². The number of aromatic carboxylic acids is 1. The maximum Gasteiger partial charge on any atom is 0.342 e. The molecule has 1 rings (SSSR count). The summed E-state index contributed by atoms with van der Waals surface area (Å²) < 4.78 is 17.6. The first-order valence-corrected chi connectivity index (χ1v) is 3.57. The Morgan fingerprint density at radius 1 is 1.77 bits per heavy atom. The molecular formula is C7H5ClFNO3. The molecule has 0 saturated heterocycles. The second-order valence-electron chi connectivity index (χ2n) is 2.11. The third-order valence-electron chi connectivity index (χ3n) is 1.38. The van der Waals surface area contributed by atoms with Gasteiger partial charge in [0.2, 0.25) is 0 Å². The molecule has 6 heteroatoms. The molecule has 0 amide bonds. The molecule has 0 saturated carbocycles. The van der Waals surface area contributed by atoms with Crippen LogP contribution in [0.15, 0.2) is 6.20 Å². The second kappa shape index (κ2) is 3.57. The number of hydrogen-bond acceptors (Lipinski definition) is 3. The van der Waals surface area contributed by atoms with Crippen molar-refractivity contribution in [3.8, 4) is 5.75 Å². The van der Waals surface area contributed by atoms with E-state index in [9.17, 15) is 9.18 Å². The predicted molar refractivity (Wildman–Crippen MR) is 42.7 cm³/mol. The largest absolute Gasteiger partial charge is 0.494 e. The first-order valence-electron chi connectivity index (χ1n) is 3.19. The Hall–Kier alpha value is -1.36. The molecule has 0 unspecified atom stereocenters. The lowest BCUT2D eigenvalue weighted by Crippen LogP contribution is -2.05. The Balaban J connectivity index is 3.41. The van der Waals surface area contributed by atoms with Crippen LogP contribution in [0.3, 0.4) is 0 Å². The van der Waals surface area contributed by atoms with Gasteiger partial charge in [-0.3, -0.25) is 0 Å². The molecular weight excluding hydrogens is 201 g/mol. The molecule has 0 atom stereocenters. The number of halogens is 2. The summed E-state index contributed by atoms with van der Waals surface area (Å²) in [6.45, 7) is 0. The predicted octanol–water partition coefficient (Wildman–Crippen LogP) is 1.58. The average Bonchev–Trinajstić information content (AvgIpc) is 2.08. The fourth-order valence-corrected chi connectivity index (χ4v) is 0.945. The van der Waals surface area contributed by atoms with Crippen LogP contribution in [0.2, 0.25) is 5.15 Å². The van der Waals surface area contributed by atoms with Crippen molar-refractivity contribution in [3.63, 3.8) is 0 Å². The lowest BCUT2D eigenvalue weighted by Gasteiger charge is -2.04. The van der Waals surface area contributed by atoms with Crippen molar-refractivity contribution in [3.05, 3.63) is 22.7 Å². The number of rotatable bonds is 2. The normalized spacial score (nSPS) is 9.77. The van der Waals surface area contributed by atoms with E-state index in [0.717, 1.165) is 6.20 Å². The highest BCUT2D eigenvalue weighted by molar-refractivity contribution is 6.30. The average molecular weight is 206 g/mol. The summed E-state index contributed by atoms with van der Waals surface area (Å²) in [5.41, 5.74) is -0.609. The smallest absolute Gasteiger partial charge is 0.342 e. The molecule has 0 aliphatic rings. The molecule has 0 aliphatic heterocycles. The quantitative estimate of drug-likeness (QED) is 0.745. The van der Waals surface area contributed by atoms with Gasteiger partial charge >= 0.3 is 5.97 Å². The number of pyridine rings is 1. The van der Waals surface area contributed by atoms with Gasteiger partial charge in [0.25, 0.3) is 0 Å².